The summed E-state index contributed by atoms with van der Waals surface area (Å²) in [4.78, 5) is 9.01. The average Bonchev–Trinajstić information content (AvgIpc) is 2.60. The fraction of sp³-hybridized carbons (Fsp3) is 0.750. The Kier molecular flexibility index (Phi) is 3.46. The van der Waals surface area contributed by atoms with Crippen LogP contribution in [-0.2, 0) is 12.8 Å². The highest BCUT2D eigenvalue weighted by atomic mass is 15.0. The molecule has 1 aromatic heterocycles. The summed E-state index contributed by atoms with van der Waals surface area (Å²) in [6, 6.07) is 0.595. The second-order valence-electron chi connectivity index (χ2n) is 6.96. The summed E-state index contributed by atoms with van der Waals surface area (Å²) >= 11 is 0. The first kappa shape index (κ1) is 12.9. The molecule has 1 fully saturated rings. The van der Waals surface area contributed by atoms with E-state index >= 15 is 0 Å². The van der Waals surface area contributed by atoms with Crippen LogP contribution in [0.25, 0.3) is 0 Å². The van der Waals surface area contributed by atoms with Gasteiger partial charge in [0.1, 0.15) is 12.1 Å². The molecule has 19 heavy (non-hydrogen) atoms. The van der Waals surface area contributed by atoms with Crippen LogP contribution in [0.15, 0.2) is 6.33 Å². The lowest BCUT2D eigenvalue weighted by Gasteiger charge is -2.20. The standard InChI is InChI=1S/C16H25N3/c1-16(2)9-8-12(10-16)19-15-13-6-4-3-5-7-14(13)17-11-18-15/h11-12H,3-10H2,1-2H3,(H,17,18,19). The van der Waals surface area contributed by atoms with Crippen LogP contribution in [0.5, 0.6) is 0 Å². The molecule has 1 N–H and O–H groups in total. The Labute approximate surface area is 116 Å². The summed E-state index contributed by atoms with van der Waals surface area (Å²) in [5.74, 6) is 1.12. The number of fused-ring (bicyclic) bond motifs is 1. The highest BCUT2D eigenvalue weighted by Gasteiger charge is 2.31. The molecule has 2 aliphatic rings. The van der Waals surface area contributed by atoms with Crippen LogP contribution in [0.2, 0.25) is 0 Å². The summed E-state index contributed by atoms with van der Waals surface area (Å²) in [5, 5.41) is 3.70. The van der Waals surface area contributed by atoms with Crippen molar-refractivity contribution in [1.29, 1.82) is 0 Å². The van der Waals surface area contributed by atoms with Crippen molar-refractivity contribution in [2.45, 2.75) is 71.3 Å². The monoisotopic (exact) mass is 259 g/mol. The molecule has 104 valence electrons. The van der Waals surface area contributed by atoms with Gasteiger partial charge >= 0.3 is 0 Å². The lowest BCUT2D eigenvalue weighted by Crippen LogP contribution is -2.20. The van der Waals surface area contributed by atoms with E-state index in [0.29, 0.717) is 11.5 Å². The molecule has 0 radical (unpaired) electrons. The number of aromatic nitrogens is 2. The van der Waals surface area contributed by atoms with Crippen LogP contribution < -0.4 is 5.32 Å². The van der Waals surface area contributed by atoms with Gasteiger partial charge in [0.2, 0.25) is 0 Å². The van der Waals surface area contributed by atoms with Crippen molar-refractivity contribution in [3.63, 3.8) is 0 Å². The van der Waals surface area contributed by atoms with Gasteiger partial charge < -0.3 is 5.32 Å². The van der Waals surface area contributed by atoms with Crippen LogP contribution in [0.4, 0.5) is 5.82 Å². The minimum absolute atomic E-state index is 0.488. The molecule has 0 amide bonds. The predicted octanol–water partition coefficient (Wildman–Crippen LogP) is 3.74. The van der Waals surface area contributed by atoms with Crippen molar-refractivity contribution in [3.05, 3.63) is 17.6 Å². The van der Waals surface area contributed by atoms with E-state index in [9.17, 15) is 0 Å². The molecular weight excluding hydrogens is 234 g/mol. The molecule has 0 aliphatic heterocycles. The minimum atomic E-state index is 0.488. The number of nitrogens with zero attached hydrogens (tertiary/aromatic N) is 2. The molecule has 0 spiro atoms. The first-order valence-electron chi connectivity index (χ1n) is 7.73. The van der Waals surface area contributed by atoms with E-state index in [4.69, 9.17) is 0 Å². The fourth-order valence-electron chi connectivity index (χ4n) is 3.57. The van der Waals surface area contributed by atoms with Crippen molar-refractivity contribution >= 4 is 5.82 Å². The van der Waals surface area contributed by atoms with Gasteiger partial charge in [-0.3, -0.25) is 0 Å². The van der Waals surface area contributed by atoms with Gasteiger partial charge in [0.15, 0.2) is 0 Å². The Balaban J connectivity index is 1.78. The van der Waals surface area contributed by atoms with Crippen molar-refractivity contribution in [1.82, 2.24) is 9.97 Å². The van der Waals surface area contributed by atoms with E-state index in [1.165, 1.54) is 49.8 Å². The lowest BCUT2D eigenvalue weighted by atomic mass is 9.92. The zero-order chi connectivity index (χ0) is 13.3. The Bertz CT molecular complexity index is 453. The van der Waals surface area contributed by atoms with Gasteiger partial charge in [-0.05, 0) is 50.4 Å². The molecule has 1 saturated carbocycles. The Morgan fingerprint density at radius 1 is 1.16 bits per heavy atom. The van der Waals surface area contributed by atoms with Crippen LogP contribution in [-0.4, -0.2) is 16.0 Å². The summed E-state index contributed by atoms with van der Waals surface area (Å²) in [6.07, 6.45) is 11.7. The van der Waals surface area contributed by atoms with Gasteiger partial charge in [-0.25, -0.2) is 9.97 Å². The van der Waals surface area contributed by atoms with Gasteiger partial charge in [0.05, 0.1) is 0 Å². The Morgan fingerprint density at radius 3 is 2.79 bits per heavy atom. The third-order valence-electron chi connectivity index (χ3n) is 4.68. The molecule has 2 aliphatic carbocycles. The topological polar surface area (TPSA) is 37.8 Å². The third-order valence-corrected chi connectivity index (χ3v) is 4.68. The molecule has 0 saturated heterocycles. The highest BCUT2D eigenvalue weighted by Crippen LogP contribution is 2.38. The van der Waals surface area contributed by atoms with Crippen LogP contribution in [0.3, 0.4) is 0 Å². The van der Waals surface area contributed by atoms with Crippen molar-refractivity contribution < 1.29 is 0 Å². The Hall–Kier alpha value is -1.12. The molecule has 1 unspecified atom stereocenters. The summed E-state index contributed by atoms with van der Waals surface area (Å²) in [6.45, 7) is 4.74. The van der Waals surface area contributed by atoms with Gasteiger partial charge in [0.25, 0.3) is 0 Å². The van der Waals surface area contributed by atoms with E-state index in [-0.39, 0.29) is 0 Å². The van der Waals surface area contributed by atoms with Gasteiger partial charge in [-0.1, -0.05) is 20.3 Å². The smallest absolute Gasteiger partial charge is 0.133 e. The van der Waals surface area contributed by atoms with Crippen molar-refractivity contribution in [2.24, 2.45) is 5.41 Å². The quantitative estimate of drug-likeness (QED) is 0.822. The first-order chi connectivity index (χ1) is 9.14. The maximum Gasteiger partial charge on any atom is 0.133 e. The average molecular weight is 259 g/mol. The molecule has 3 rings (SSSR count). The van der Waals surface area contributed by atoms with Gasteiger partial charge in [-0.15, -0.1) is 0 Å². The second-order valence-corrected chi connectivity index (χ2v) is 6.96. The van der Waals surface area contributed by atoms with Crippen LogP contribution in [0.1, 0.15) is 63.6 Å². The van der Waals surface area contributed by atoms with Crippen LogP contribution >= 0.6 is 0 Å². The number of nitrogens with one attached hydrogen (secondary N) is 1. The fourth-order valence-corrected chi connectivity index (χ4v) is 3.57. The largest absolute Gasteiger partial charge is 0.367 e. The molecule has 3 heteroatoms. The van der Waals surface area contributed by atoms with Gasteiger partial charge in [-0.2, -0.15) is 0 Å². The summed E-state index contributed by atoms with van der Waals surface area (Å²) in [7, 11) is 0. The zero-order valence-corrected chi connectivity index (χ0v) is 12.2. The Morgan fingerprint density at radius 2 is 2.00 bits per heavy atom. The van der Waals surface area contributed by atoms with E-state index < -0.39 is 0 Å². The third kappa shape index (κ3) is 2.90. The highest BCUT2D eigenvalue weighted by molar-refractivity contribution is 5.47. The van der Waals surface area contributed by atoms with E-state index in [1.807, 2.05) is 0 Å². The summed E-state index contributed by atoms with van der Waals surface area (Å²) in [5.41, 5.74) is 3.17. The maximum atomic E-state index is 4.52. The van der Waals surface area contributed by atoms with E-state index in [0.717, 1.165) is 18.7 Å². The van der Waals surface area contributed by atoms with E-state index in [2.05, 4.69) is 29.1 Å². The normalized spacial score (nSPS) is 25.7. The molecule has 0 aromatic carbocycles. The molecule has 1 heterocycles. The first-order valence-corrected chi connectivity index (χ1v) is 7.73. The number of hydrogen-bond donors (Lipinski definition) is 1. The van der Waals surface area contributed by atoms with Gasteiger partial charge in [0, 0.05) is 17.3 Å². The number of hydrogen-bond acceptors (Lipinski definition) is 3. The maximum absolute atomic E-state index is 4.52. The molecular formula is C16H25N3. The number of aryl methyl sites for hydroxylation is 1. The van der Waals surface area contributed by atoms with E-state index in [1.54, 1.807) is 6.33 Å². The zero-order valence-electron chi connectivity index (χ0n) is 12.2. The lowest BCUT2D eigenvalue weighted by molar-refractivity contribution is 0.378. The van der Waals surface area contributed by atoms with Crippen molar-refractivity contribution in [3.8, 4) is 0 Å². The molecule has 3 nitrogen and oxygen atoms in total. The summed E-state index contributed by atoms with van der Waals surface area (Å²) < 4.78 is 0. The SMILES string of the molecule is CC1(C)CCC(Nc2ncnc3c2CCCCC3)C1. The minimum Gasteiger partial charge on any atom is -0.367 e. The second kappa shape index (κ2) is 5.10. The number of anilines is 1. The molecule has 1 atom stereocenters. The molecule has 0 bridgehead atoms. The van der Waals surface area contributed by atoms with Crippen LogP contribution in [0, 0.1) is 5.41 Å². The molecule has 1 aromatic rings. The predicted molar refractivity (Wildman–Crippen MR) is 78.3 cm³/mol. The number of rotatable bonds is 2. The van der Waals surface area contributed by atoms with Crippen molar-refractivity contribution in [2.75, 3.05) is 5.32 Å².